The van der Waals surface area contributed by atoms with Gasteiger partial charge in [0.15, 0.2) is 9.84 Å². The van der Waals surface area contributed by atoms with Gasteiger partial charge in [0, 0.05) is 20.0 Å². The number of halogens is 1. The van der Waals surface area contributed by atoms with Gasteiger partial charge in [-0.05, 0) is 30.7 Å². The zero-order valence-electron chi connectivity index (χ0n) is 10.7. The van der Waals surface area contributed by atoms with Crippen LogP contribution < -0.4 is 0 Å². The first-order chi connectivity index (χ1) is 8.71. The highest BCUT2D eigenvalue weighted by molar-refractivity contribution is 7.91. The van der Waals surface area contributed by atoms with Crippen LogP contribution in [0.5, 0.6) is 0 Å². The summed E-state index contributed by atoms with van der Waals surface area (Å²) in [7, 11) is -4.10. The van der Waals surface area contributed by atoms with E-state index < -0.39 is 19.9 Å². The Morgan fingerprint density at radius 1 is 1.00 bits per heavy atom. The van der Waals surface area contributed by atoms with Crippen LogP contribution in [0.3, 0.4) is 0 Å². The van der Waals surface area contributed by atoms with Gasteiger partial charge >= 0.3 is 0 Å². The molecule has 0 aliphatic carbocycles. The minimum absolute atomic E-state index is 0.0454. The number of benzene rings is 1. The molecule has 19 heavy (non-hydrogen) atoms. The summed E-state index contributed by atoms with van der Waals surface area (Å²) >= 11 is 5.47. The molecule has 0 fully saturated rings. The lowest BCUT2D eigenvalue weighted by molar-refractivity contribution is 0.520. The average Bonchev–Trinajstić information content (AvgIpc) is 2.36. The zero-order chi connectivity index (χ0) is 14.7. The Balaban J connectivity index is 3.07. The summed E-state index contributed by atoms with van der Waals surface area (Å²) in [6.45, 7) is 0. The smallest absolute Gasteiger partial charge is 0.224 e. The lowest BCUT2D eigenvalue weighted by Gasteiger charge is -2.11. The maximum Gasteiger partial charge on any atom is 0.242 e. The molecule has 1 rings (SSSR count). The number of nitrogens with zero attached hydrogens (tertiary/aromatic N) is 1. The van der Waals surface area contributed by atoms with E-state index in [9.17, 15) is 16.8 Å². The Hall–Kier alpha value is -0.630. The van der Waals surface area contributed by atoms with Gasteiger partial charge in [-0.15, -0.1) is 11.6 Å². The maximum atomic E-state index is 11.9. The molecule has 0 spiro atoms. The van der Waals surface area contributed by atoms with E-state index in [1.165, 1.54) is 38.4 Å². The van der Waals surface area contributed by atoms with E-state index in [-0.39, 0.29) is 21.4 Å². The Morgan fingerprint density at radius 2 is 1.47 bits per heavy atom. The molecule has 108 valence electrons. The number of hydrogen-bond acceptors (Lipinski definition) is 4. The Morgan fingerprint density at radius 3 is 1.89 bits per heavy atom. The van der Waals surface area contributed by atoms with Crippen molar-refractivity contribution in [3.63, 3.8) is 0 Å². The van der Waals surface area contributed by atoms with Crippen LogP contribution in [0.25, 0.3) is 0 Å². The second kappa shape index (κ2) is 6.21. The fraction of sp³-hybridized carbons (Fsp3) is 0.455. The van der Waals surface area contributed by atoms with Crippen molar-refractivity contribution in [2.45, 2.75) is 16.2 Å². The summed E-state index contributed by atoms with van der Waals surface area (Å²) < 4.78 is 48.5. The third-order valence-electron chi connectivity index (χ3n) is 2.51. The van der Waals surface area contributed by atoms with E-state index in [1.54, 1.807) is 0 Å². The molecule has 0 heterocycles. The quantitative estimate of drug-likeness (QED) is 0.740. The van der Waals surface area contributed by atoms with Crippen molar-refractivity contribution in [3.8, 4) is 0 Å². The fourth-order valence-electron chi connectivity index (χ4n) is 1.39. The molecule has 0 saturated carbocycles. The molecule has 0 N–H and O–H groups in total. The van der Waals surface area contributed by atoms with Crippen LogP contribution in [0.1, 0.15) is 6.42 Å². The number of sulfonamides is 1. The van der Waals surface area contributed by atoms with E-state index in [1.807, 2.05) is 0 Å². The van der Waals surface area contributed by atoms with Gasteiger partial charge < -0.3 is 0 Å². The molecular formula is C11H16ClNO4S2. The van der Waals surface area contributed by atoms with Gasteiger partial charge in [-0.25, -0.2) is 21.1 Å². The van der Waals surface area contributed by atoms with E-state index in [2.05, 4.69) is 0 Å². The summed E-state index contributed by atoms with van der Waals surface area (Å²) in [5.74, 6) is 0.225. The van der Waals surface area contributed by atoms with Crippen molar-refractivity contribution in [2.24, 2.45) is 0 Å². The fourth-order valence-corrected chi connectivity index (χ4v) is 3.90. The number of hydrogen-bond donors (Lipinski definition) is 0. The predicted molar refractivity (Wildman–Crippen MR) is 74.7 cm³/mol. The second-order valence-corrected chi connectivity index (χ2v) is 8.76. The first-order valence-corrected chi connectivity index (χ1v) is 9.16. The first-order valence-electron chi connectivity index (χ1n) is 5.53. The lowest BCUT2D eigenvalue weighted by atomic mass is 10.4. The molecule has 0 saturated heterocycles. The minimum Gasteiger partial charge on any atom is -0.224 e. The summed E-state index contributed by atoms with van der Waals surface area (Å²) in [6.07, 6.45) is 0.363. The van der Waals surface area contributed by atoms with E-state index >= 15 is 0 Å². The van der Waals surface area contributed by atoms with Crippen molar-refractivity contribution < 1.29 is 16.8 Å². The Kier molecular flexibility index (Phi) is 5.37. The SMILES string of the molecule is CN(C)S(=O)(=O)c1ccc(S(=O)(=O)CCCCl)cc1. The third-order valence-corrected chi connectivity index (χ3v) is 6.42. The van der Waals surface area contributed by atoms with Gasteiger partial charge in [0.25, 0.3) is 0 Å². The molecule has 1 aromatic rings. The Bertz CT molecular complexity index is 621. The molecular weight excluding hydrogens is 310 g/mol. The van der Waals surface area contributed by atoms with Crippen molar-refractivity contribution >= 4 is 31.5 Å². The molecule has 0 aliphatic heterocycles. The normalized spacial score (nSPS) is 12.8. The topological polar surface area (TPSA) is 71.5 Å². The van der Waals surface area contributed by atoms with Gasteiger partial charge in [-0.1, -0.05) is 0 Å². The molecule has 0 radical (unpaired) electrons. The van der Waals surface area contributed by atoms with Crippen LogP contribution in [0, 0.1) is 0 Å². The van der Waals surface area contributed by atoms with Crippen LogP contribution in [0.4, 0.5) is 0 Å². The minimum atomic E-state index is -3.54. The maximum absolute atomic E-state index is 11.9. The van der Waals surface area contributed by atoms with Crippen LogP contribution in [-0.2, 0) is 19.9 Å². The van der Waals surface area contributed by atoms with Crippen LogP contribution in [0.15, 0.2) is 34.1 Å². The molecule has 0 bridgehead atoms. The van der Waals surface area contributed by atoms with Crippen molar-refractivity contribution in [3.05, 3.63) is 24.3 Å². The van der Waals surface area contributed by atoms with Gasteiger partial charge in [-0.3, -0.25) is 0 Å². The number of rotatable bonds is 6. The summed E-state index contributed by atoms with van der Waals surface area (Å²) in [6, 6.07) is 5.20. The monoisotopic (exact) mass is 325 g/mol. The third kappa shape index (κ3) is 3.92. The lowest BCUT2D eigenvalue weighted by Crippen LogP contribution is -2.22. The van der Waals surface area contributed by atoms with Crippen LogP contribution in [-0.4, -0.2) is 46.9 Å². The highest BCUT2D eigenvalue weighted by Crippen LogP contribution is 2.18. The second-order valence-electron chi connectivity index (χ2n) is 4.12. The van der Waals surface area contributed by atoms with Crippen LogP contribution in [0.2, 0.25) is 0 Å². The predicted octanol–water partition coefficient (Wildman–Crippen LogP) is 1.34. The molecule has 5 nitrogen and oxygen atoms in total. The van der Waals surface area contributed by atoms with Crippen LogP contribution >= 0.6 is 11.6 Å². The average molecular weight is 326 g/mol. The molecule has 0 amide bonds. The molecule has 0 aliphatic rings. The van der Waals surface area contributed by atoms with Gasteiger partial charge in [0.1, 0.15) is 0 Å². The van der Waals surface area contributed by atoms with E-state index in [0.717, 1.165) is 4.31 Å². The first kappa shape index (κ1) is 16.4. The van der Waals surface area contributed by atoms with Crippen molar-refractivity contribution in [1.29, 1.82) is 0 Å². The number of alkyl halides is 1. The molecule has 1 aromatic carbocycles. The summed E-state index contributed by atoms with van der Waals surface area (Å²) in [4.78, 5) is 0.170. The highest BCUT2D eigenvalue weighted by Gasteiger charge is 2.19. The van der Waals surface area contributed by atoms with Gasteiger partial charge in [0.05, 0.1) is 15.5 Å². The molecule has 0 aromatic heterocycles. The number of sulfone groups is 1. The van der Waals surface area contributed by atoms with Gasteiger partial charge in [-0.2, -0.15) is 0 Å². The van der Waals surface area contributed by atoms with Gasteiger partial charge in [0.2, 0.25) is 10.0 Å². The van der Waals surface area contributed by atoms with Crippen molar-refractivity contribution in [1.82, 2.24) is 4.31 Å². The molecule has 0 atom stereocenters. The van der Waals surface area contributed by atoms with E-state index in [0.29, 0.717) is 6.42 Å². The standard InChI is InChI=1S/C11H16ClNO4S2/c1-13(2)19(16,17)11-6-4-10(5-7-11)18(14,15)9-3-8-12/h4-7H,3,8-9H2,1-2H3. The molecule has 0 unspecified atom stereocenters. The summed E-state index contributed by atoms with van der Waals surface area (Å²) in [5, 5.41) is 0. The van der Waals surface area contributed by atoms with Crippen molar-refractivity contribution in [2.75, 3.05) is 25.7 Å². The zero-order valence-corrected chi connectivity index (χ0v) is 13.1. The Labute approximate surface area is 119 Å². The highest BCUT2D eigenvalue weighted by atomic mass is 35.5. The molecule has 8 heteroatoms. The van der Waals surface area contributed by atoms with E-state index in [4.69, 9.17) is 11.6 Å². The largest absolute Gasteiger partial charge is 0.242 e. The summed E-state index contributed by atoms with van der Waals surface area (Å²) in [5.41, 5.74) is 0.